The molecule has 7 nitrogen and oxygen atoms in total. The number of hydrogen-bond donors (Lipinski definition) is 2. The van der Waals surface area contributed by atoms with Crippen molar-refractivity contribution in [2.45, 2.75) is 31.3 Å². The van der Waals surface area contributed by atoms with E-state index in [-0.39, 0.29) is 23.7 Å². The topological polar surface area (TPSA) is 73.9 Å². The van der Waals surface area contributed by atoms with Gasteiger partial charge in [0.1, 0.15) is 11.9 Å². The summed E-state index contributed by atoms with van der Waals surface area (Å²) in [5.41, 5.74) is 0.800. The van der Waals surface area contributed by atoms with Crippen LogP contribution in [0.15, 0.2) is 24.3 Å². The zero-order valence-corrected chi connectivity index (χ0v) is 17.0. The maximum Gasteiger partial charge on any atom is 0.242 e. The Morgan fingerprint density at radius 3 is 2.48 bits per heavy atom. The van der Waals surface area contributed by atoms with Crippen LogP contribution in [0.25, 0.3) is 0 Å². The Bertz CT molecular complexity index is 673. The predicted molar refractivity (Wildman–Crippen MR) is 108 cm³/mol. The first-order valence-corrected chi connectivity index (χ1v) is 10.3. The number of carbonyl (C=O) groups excluding carboxylic acids is 2. The van der Waals surface area contributed by atoms with E-state index in [1.54, 1.807) is 19.2 Å². The lowest BCUT2D eigenvalue weighted by Gasteiger charge is -2.38. The van der Waals surface area contributed by atoms with E-state index in [0.29, 0.717) is 45.9 Å². The molecule has 1 aliphatic heterocycles. The molecule has 1 atom stereocenters. The van der Waals surface area contributed by atoms with Gasteiger partial charge < -0.3 is 15.4 Å². The Kier molecular flexibility index (Phi) is 7.97. The largest absolute Gasteiger partial charge is 0.385 e. The van der Waals surface area contributed by atoms with Crippen LogP contribution in [0.4, 0.5) is 4.39 Å². The highest BCUT2D eigenvalue weighted by atomic mass is 19.1. The summed E-state index contributed by atoms with van der Waals surface area (Å²) in [4.78, 5) is 29.2. The fourth-order valence-corrected chi connectivity index (χ4v) is 3.56. The van der Waals surface area contributed by atoms with Gasteiger partial charge in [-0.3, -0.25) is 19.4 Å². The van der Waals surface area contributed by atoms with E-state index in [9.17, 15) is 14.0 Å². The molecule has 2 N–H and O–H groups in total. The van der Waals surface area contributed by atoms with Gasteiger partial charge in [0.05, 0.1) is 6.54 Å². The fraction of sp³-hybridized carbons (Fsp3) is 0.619. The van der Waals surface area contributed by atoms with Crippen LogP contribution in [-0.2, 0) is 14.3 Å². The zero-order valence-electron chi connectivity index (χ0n) is 17.0. The molecule has 2 fully saturated rings. The van der Waals surface area contributed by atoms with Crippen molar-refractivity contribution in [3.8, 4) is 0 Å². The number of carbonyl (C=O) groups is 2. The lowest BCUT2D eigenvalue weighted by molar-refractivity contribution is -0.129. The Morgan fingerprint density at radius 1 is 1.17 bits per heavy atom. The second-order valence-electron chi connectivity index (χ2n) is 7.75. The molecule has 1 saturated heterocycles. The summed E-state index contributed by atoms with van der Waals surface area (Å²) in [5, 5.41) is 5.98. The number of piperazine rings is 1. The van der Waals surface area contributed by atoms with E-state index in [4.69, 9.17) is 4.74 Å². The van der Waals surface area contributed by atoms with Gasteiger partial charge in [0.25, 0.3) is 0 Å². The lowest BCUT2D eigenvalue weighted by Crippen LogP contribution is -2.53. The smallest absolute Gasteiger partial charge is 0.242 e. The van der Waals surface area contributed by atoms with Crippen molar-refractivity contribution in [2.75, 3.05) is 53.0 Å². The molecule has 1 aromatic rings. The van der Waals surface area contributed by atoms with Crippen molar-refractivity contribution >= 4 is 11.8 Å². The van der Waals surface area contributed by atoms with Crippen molar-refractivity contribution < 1.29 is 18.7 Å². The van der Waals surface area contributed by atoms with E-state index in [1.165, 1.54) is 12.1 Å². The maximum absolute atomic E-state index is 13.4. The van der Waals surface area contributed by atoms with Crippen LogP contribution in [0.1, 0.15) is 30.9 Å². The minimum atomic E-state index is -0.429. The fourth-order valence-electron chi connectivity index (χ4n) is 3.56. The average Bonchev–Trinajstić information content (AvgIpc) is 3.52. The molecule has 1 aliphatic carbocycles. The normalized spacial score (nSPS) is 19.0. The van der Waals surface area contributed by atoms with Crippen molar-refractivity contribution in [1.29, 1.82) is 0 Å². The number of hydrogen-bond acceptors (Lipinski definition) is 5. The molecular weight excluding hydrogens is 375 g/mol. The Hall–Kier alpha value is -2.03. The van der Waals surface area contributed by atoms with Gasteiger partial charge in [-0.2, -0.15) is 0 Å². The summed E-state index contributed by atoms with van der Waals surface area (Å²) in [6, 6.07) is 6.02. The molecule has 2 amide bonds. The van der Waals surface area contributed by atoms with Crippen LogP contribution < -0.4 is 10.6 Å². The molecule has 0 bridgehead atoms. The number of amides is 2. The van der Waals surface area contributed by atoms with Gasteiger partial charge in [-0.15, -0.1) is 0 Å². The SMILES string of the molecule is COCCCNC(=O)CN1CCN(C(C(=O)NC2CC2)c2ccc(F)cc2)CC1. The minimum Gasteiger partial charge on any atom is -0.385 e. The first-order chi connectivity index (χ1) is 14.1. The van der Waals surface area contributed by atoms with Crippen LogP contribution in [0, 0.1) is 5.82 Å². The minimum absolute atomic E-state index is 0.0103. The summed E-state index contributed by atoms with van der Waals surface area (Å²) in [6.07, 6.45) is 2.84. The van der Waals surface area contributed by atoms with Crippen LogP contribution in [0.5, 0.6) is 0 Å². The van der Waals surface area contributed by atoms with Gasteiger partial charge in [0.2, 0.25) is 11.8 Å². The van der Waals surface area contributed by atoms with Crippen molar-refractivity contribution in [3.63, 3.8) is 0 Å². The van der Waals surface area contributed by atoms with Gasteiger partial charge in [0.15, 0.2) is 0 Å². The first-order valence-electron chi connectivity index (χ1n) is 10.3. The third-order valence-corrected chi connectivity index (χ3v) is 5.34. The summed E-state index contributed by atoms with van der Waals surface area (Å²) < 4.78 is 18.3. The number of rotatable bonds is 10. The highest BCUT2D eigenvalue weighted by Gasteiger charge is 2.34. The van der Waals surface area contributed by atoms with Gasteiger partial charge in [-0.1, -0.05) is 12.1 Å². The molecule has 1 aromatic carbocycles. The van der Waals surface area contributed by atoms with Gasteiger partial charge in [-0.25, -0.2) is 4.39 Å². The third-order valence-electron chi connectivity index (χ3n) is 5.34. The van der Waals surface area contributed by atoms with Gasteiger partial charge in [0, 0.05) is 52.5 Å². The standard InChI is InChI=1S/C21H31FN4O3/c1-29-14-2-9-23-19(27)15-25-10-12-26(13-11-25)20(21(28)24-18-7-8-18)16-3-5-17(22)6-4-16/h3-6,18,20H,2,7-15H2,1H3,(H,23,27)(H,24,28). The zero-order chi connectivity index (χ0) is 20.6. The summed E-state index contributed by atoms with van der Waals surface area (Å²) in [5.74, 6) is -0.323. The molecule has 3 rings (SSSR count). The maximum atomic E-state index is 13.4. The number of halogens is 1. The van der Waals surface area contributed by atoms with Crippen molar-refractivity contribution in [3.05, 3.63) is 35.6 Å². The van der Waals surface area contributed by atoms with E-state index in [1.807, 2.05) is 0 Å². The number of benzene rings is 1. The molecular formula is C21H31FN4O3. The molecule has 160 valence electrons. The van der Waals surface area contributed by atoms with E-state index in [2.05, 4.69) is 20.4 Å². The van der Waals surface area contributed by atoms with Crippen LogP contribution >= 0.6 is 0 Å². The van der Waals surface area contributed by atoms with Crippen molar-refractivity contribution in [2.24, 2.45) is 0 Å². The molecule has 1 saturated carbocycles. The van der Waals surface area contributed by atoms with Crippen molar-refractivity contribution in [1.82, 2.24) is 20.4 Å². The van der Waals surface area contributed by atoms with E-state index in [0.717, 1.165) is 24.8 Å². The molecule has 0 spiro atoms. The Morgan fingerprint density at radius 2 is 1.86 bits per heavy atom. The molecule has 2 aliphatic rings. The lowest BCUT2D eigenvalue weighted by atomic mass is 10.0. The van der Waals surface area contributed by atoms with E-state index >= 15 is 0 Å². The molecule has 29 heavy (non-hydrogen) atoms. The molecule has 1 unspecified atom stereocenters. The number of nitrogens with zero attached hydrogens (tertiary/aromatic N) is 2. The molecule has 8 heteroatoms. The summed E-state index contributed by atoms with van der Waals surface area (Å²) in [6.45, 7) is 4.37. The third kappa shape index (κ3) is 6.76. The average molecular weight is 407 g/mol. The molecule has 0 aromatic heterocycles. The van der Waals surface area contributed by atoms with Crippen LogP contribution in [0.3, 0.4) is 0 Å². The monoisotopic (exact) mass is 406 g/mol. The van der Waals surface area contributed by atoms with E-state index < -0.39 is 6.04 Å². The second-order valence-corrected chi connectivity index (χ2v) is 7.75. The highest BCUT2D eigenvalue weighted by Crippen LogP contribution is 2.26. The predicted octanol–water partition coefficient (Wildman–Crippen LogP) is 0.916. The Balaban J connectivity index is 1.53. The number of nitrogens with one attached hydrogen (secondary N) is 2. The molecule has 0 radical (unpaired) electrons. The van der Waals surface area contributed by atoms with Gasteiger partial charge in [-0.05, 0) is 37.0 Å². The number of ether oxygens (including phenoxy) is 1. The van der Waals surface area contributed by atoms with Crippen LogP contribution in [0.2, 0.25) is 0 Å². The number of methoxy groups -OCH3 is 1. The summed E-state index contributed by atoms with van der Waals surface area (Å²) in [7, 11) is 1.64. The quantitative estimate of drug-likeness (QED) is 0.565. The van der Waals surface area contributed by atoms with Crippen LogP contribution in [-0.4, -0.2) is 80.6 Å². The Labute approximate surface area is 171 Å². The molecule has 1 heterocycles. The highest BCUT2D eigenvalue weighted by molar-refractivity contribution is 5.83. The van der Waals surface area contributed by atoms with Gasteiger partial charge >= 0.3 is 0 Å². The first kappa shape index (κ1) is 21.7. The second kappa shape index (κ2) is 10.7. The summed E-state index contributed by atoms with van der Waals surface area (Å²) >= 11 is 0.